The molecule has 5 nitrogen and oxygen atoms in total. The minimum absolute atomic E-state index is 0.0639. The monoisotopic (exact) mass is 526 g/mol. The van der Waals surface area contributed by atoms with Crippen molar-refractivity contribution >= 4 is 33.4 Å². The quantitative estimate of drug-likeness (QED) is 0.514. The average molecular weight is 528 g/mol. The van der Waals surface area contributed by atoms with Crippen LogP contribution in [0, 0.1) is 11.8 Å². The molecule has 2 aliphatic rings. The smallest absolute Gasteiger partial charge is 0.226 e. The van der Waals surface area contributed by atoms with Gasteiger partial charge in [-0.1, -0.05) is 76.9 Å². The first-order valence-electron chi connectivity index (χ1n) is 10.8. The summed E-state index contributed by atoms with van der Waals surface area (Å²) in [6, 6.07) is 17.5. The third kappa shape index (κ3) is 2.94. The zero-order chi connectivity index (χ0) is 23.5. The van der Waals surface area contributed by atoms with Gasteiger partial charge in [0.25, 0.3) is 0 Å². The number of aliphatic hydroxyl groups is 1. The standard InChI is InChI=1S/C26H24BrClN2O3/c1-15-21(24(31)30(2)3)22(16-7-5-4-6-8-16)26(17-9-11-18(27)12-10-17)25(15,32)23-19(28)13-29-14-20(23)33-26/h4-15,21-22,32H,1-3H3/t15-,21+,22-,25-,26+/m1/s1. The predicted octanol–water partition coefficient (Wildman–Crippen LogP) is 5.11. The molecular formula is C26H24BrClN2O3. The number of nitrogens with zero attached hydrogens (tertiary/aromatic N) is 2. The third-order valence-electron chi connectivity index (χ3n) is 7.24. The van der Waals surface area contributed by atoms with Crippen molar-refractivity contribution in [3.63, 3.8) is 0 Å². The van der Waals surface area contributed by atoms with E-state index in [1.54, 1.807) is 25.2 Å². The Kier molecular flexibility index (Phi) is 5.31. The molecule has 2 aromatic carbocycles. The molecule has 1 aliphatic carbocycles. The molecule has 0 spiro atoms. The third-order valence-corrected chi connectivity index (χ3v) is 8.05. The molecule has 1 saturated carbocycles. The van der Waals surface area contributed by atoms with Crippen molar-refractivity contribution in [2.75, 3.05) is 14.1 Å². The fourth-order valence-corrected chi connectivity index (χ4v) is 6.44. The Balaban J connectivity index is 1.88. The van der Waals surface area contributed by atoms with E-state index < -0.39 is 29.0 Å². The Morgan fingerprint density at radius 3 is 2.42 bits per heavy atom. The van der Waals surface area contributed by atoms with Crippen LogP contribution in [0.4, 0.5) is 0 Å². The van der Waals surface area contributed by atoms with E-state index in [9.17, 15) is 9.90 Å². The van der Waals surface area contributed by atoms with Gasteiger partial charge in [0.15, 0.2) is 5.60 Å². The SMILES string of the molecule is C[C@@H]1[C@H](C(=O)N(C)C)[C@@H](c2ccccc2)[C@]2(c3ccc(Br)cc3)Oc3cncc(Cl)c3[C@]12O. The Morgan fingerprint density at radius 1 is 1.12 bits per heavy atom. The van der Waals surface area contributed by atoms with Gasteiger partial charge in [-0.3, -0.25) is 9.78 Å². The number of halogens is 2. The van der Waals surface area contributed by atoms with Crippen LogP contribution in [0.25, 0.3) is 0 Å². The summed E-state index contributed by atoms with van der Waals surface area (Å²) in [5.41, 5.74) is -0.660. The number of pyridine rings is 1. The van der Waals surface area contributed by atoms with Gasteiger partial charge in [-0.25, -0.2) is 0 Å². The second-order valence-corrected chi connectivity index (χ2v) is 10.4. The van der Waals surface area contributed by atoms with Gasteiger partial charge >= 0.3 is 0 Å². The van der Waals surface area contributed by atoms with E-state index >= 15 is 0 Å². The maximum Gasteiger partial charge on any atom is 0.226 e. The van der Waals surface area contributed by atoms with Crippen molar-refractivity contribution in [1.29, 1.82) is 0 Å². The lowest BCUT2D eigenvalue weighted by Gasteiger charge is -2.41. The van der Waals surface area contributed by atoms with E-state index in [0.717, 1.165) is 15.6 Å². The Labute approximate surface area is 206 Å². The van der Waals surface area contributed by atoms with Crippen LogP contribution in [0.15, 0.2) is 71.5 Å². The Hall–Kier alpha value is -2.41. The Morgan fingerprint density at radius 2 is 1.79 bits per heavy atom. The van der Waals surface area contributed by atoms with E-state index in [-0.39, 0.29) is 5.91 Å². The lowest BCUT2D eigenvalue weighted by molar-refractivity contribution is -0.136. The molecule has 5 atom stereocenters. The topological polar surface area (TPSA) is 62.7 Å². The van der Waals surface area contributed by atoms with Crippen LogP contribution in [0.1, 0.15) is 29.5 Å². The molecule has 5 rings (SSSR count). The highest BCUT2D eigenvalue weighted by Crippen LogP contribution is 2.71. The molecule has 1 N–H and O–H groups in total. The summed E-state index contributed by atoms with van der Waals surface area (Å²) in [4.78, 5) is 19.4. The molecule has 170 valence electrons. The number of carbonyl (C=O) groups is 1. The van der Waals surface area contributed by atoms with Crippen molar-refractivity contribution in [2.45, 2.75) is 24.0 Å². The molecule has 1 amide bonds. The van der Waals surface area contributed by atoms with Crippen LogP contribution in [-0.2, 0) is 16.0 Å². The van der Waals surface area contributed by atoms with Crippen molar-refractivity contribution in [1.82, 2.24) is 9.88 Å². The second-order valence-electron chi connectivity index (χ2n) is 9.04. The number of ether oxygens (including phenoxy) is 1. The maximum atomic E-state index is 13.6. The van der Waals surface area contributed by atoms with Crippen LogP contribution in [0.3, 0.4) is 0 Å². The molecule has 0 unspecified atom stereocenters. The summed E-state index contributed by atoms with van der Waals surface area (Å²) in [5, 5.41) is 13.0. The first-order valence-corrected chi connectivity index (χ1v) is 12.0. The summed E-state index contributed by atoms with van der Waals surface area (Å²) in [6.07, 6.45) is 3.11. The van der Waals surface area contributed by atoms with E-state index in [2.05, 4.69) is 20.9 Å². The number of carbonyl (C=O) groups excluding carboxylic acids is 1. The molecule has 1 fully saturated rings. The zero-order valence-corrected chi connectivity index (χ0v) is 20.8. The van der Waals surface area contributed by atoms with Crippen LogP contribution < -0.4 is 4.74 Å². The fourth-order valence-electron chi connectivity index (χ4n) is 5.88. The Bertz CT molecular complexity index is 1220. The summed E-state index contributed by atoms with van der Waals surface area (Å²) in [6.45, 7) is 1.91. The predicted molar refractivity (Wildman–Crippen MR) is 130 cm³/mol. The molecule has 2 heterocycles. The maximum absolute atomic E-state index is 13.6. The first kappa shape index (κ1) is 22.4. The van der Waals surface area contributed by atoms with Gasteiger partial charge in [-0.2, -0.15) is 0 Å². The molecule has 1 aromatic heterocycles. The number of benzene rings is 2. The minimum Gasteiger partial charge on any atom is -0.476 e. The van der Waals surface area contributed by atoms with Crippen LogP contribution in [0.5, 0.6) is 5.75 Å². The van der Waals surface area contributed by atoms with Crippen LogP contribution >= 0.6 is 27.5 Å². The molecule has 3 aromatic rings. The molecular weight excluding hydrogens is 504 g/mol. The summed E-state index contributed by atoms with van der Waals surface area (Å²) < 4.78 is 7.65. The highest BCUT2D eigenvalue weighted by molar-refractivity contribution is 9.10. The van der Waals surface area contributed by atoms with Crippen molar-refractivity contribution in [3.8, 4) is 5.75 Å². The number of hydrogen-bond acceptors (Lipinski definition) is 4. The minimum atomic E-state index is -1.56. The molecule has 33 heavy (non-hydrogen) atoms. The van der Waals surface area contributed by atoms with Crippen molar-refractivity contribution < 1.29 is 14.6 Å². The summed E-state index contributed by atoms with van der Waals surface area (Å²) >= 11 is 10.2. The van der Waals surface area contributed by atoms with Crippen LogP contribution in [0.2, 0.25) is 5.02 Å². The van der Waals surface area contributed by atoms with Gasteiger partial charge in [0.2, 0.25) is 5.91 Å². The first-order chi connectivity index (χ1) is 15.7. The lowest BCUT2D eigenvalue weighted by atomic mass is 9.70. The summed E-state index contributed by atoms with van der Waals surface area (Å²) in [5.74, 6) is -1.14. The van der Waals surface area contributed by atoms with Crippen LogP contribution in [-0.4, -0.2) is 35.0 Å². The molecule has 7 heteroatoms. The van der Waals surface area contributed by atoms with E-state index in [0.29, 0.717) is 16.3 Å². The van der Waals surface area contributed by atoms with E-state index in [1.165, 1.54) is 6.20 Å². The summed E-state index contributed by atoms with van der Waals surface area (Å²) in [7, 11) is 3.49. The second kappa shape index (κ2) is 7.83. The van der Waals surface area contributed by atoms with Gasteiger partial charge in [0.1, 0.15) is 11.4 Å². The van der Waals surface area contributed by atoms with Gasteiger partial charge in [-0.05, 0) is 23.3 Å². The largest absolute Gasteiger partial charge is 0.476 e. The number of hydrogen-bond donors (Lipinski definition) is 1. The van der Waals surface area contributed by atoms with E-state index in [4.69, 9.17) is 16.3 Å². The van der Waals surface area contributed by atoms with Gasteiger partial charge in [0.05, 0.1) is 22.7 Å². The highest BCUT2D eigenvalue weighted by Gasteiger charge is 2.76. The fraction of sp³-hybridized carbons (Fsp3) is 0.308. The van der Waals surface area contributed by atoms with E-state index in [1.807, 2.05) is 61.5 Å². The molecule has 0 bridgehead atoms. The normalized spacial score (nSPS) is 29.8. The number of aromatic nitrogens is 1. The van der Waals surface area contributed by atoms with Gasteiger partial charge in [-0.15, -0.1) is 0 Å². The van der Waals surface area contributed by atoms with Gasteiger partial charge in [0, 0.05) is 36.6 Å². The average Bonchev–Trinajstić information content (AvgIpc) is 3.18. The van der Waals surface area contributed by atoms with Crippen molar-refractivity contribution in [3.05, 3.63) is 93.2 Å². The number of fused-ring (bicyclic) bond motifs is 3. The molecule has 0 radical (unpaired) electrons. The zero-order valence-electron chi connectivity index (χ0n) is 18.5. The number of rotatable bonds is 3. The van der Waals surface area contributed by atoms with Crippen molar-refractivity contribution in [2.24, 2.45) is 11.8 Å². The molecule has 0 saturated heterocycles. The van der Waals surface area contributed by atoms with Gasteiger partial charge < -0.3 is 14.7 Å². The lowest BCUT2D eigenvalue weighted by Crippen LogP contribution is -2.50. The highest BCUT2D eigenvalue weighted by atomic mass is 79.9. The molecule has 1 aliphatic heterocycles. The number of amides is 1.